The number of piperidine rings is 1. The van der Waals surface area contributed by atoms with Crippen LogP contribution in [0.5, 0.6) is 0 Å². The van der Waals surface area contributed by atoms with Crippen LogP contribution in [0.4, 0.5) is 0 Å². The molecule has 174 valence electrons. The topological polar surface area (TPSA) is 81.0 Å². The van der Waals surface area contributed by atoms with Crippen molar-refractivity contribution in [3.63, 3.8) is 0 Å². The normalized spacial score (nSPS) is 14.7. The number of pyridine rings is 4. The molecule has 1 amide bonds. The lowest BCUT2D eigenvalue weighted by atomic mass is 10.0. The average molecular weight is 464 g/mol. The summed E-state index contributed by atoms with van der Waals surface area (Å²) in [5.74, 6) is 0.165. The first-order valence-corrected chi connectivity index (χ1v) is 12.1. The van der Waals surface area contributed by atoms with Gasteiger partial charge in [-0.05, 0) is 43.2 Å². The van der Waals surface area contributed by atoms with Crippen molar-refractivity contribution in [3.05, 3.63) is 77.3 Å². The van der Waals surface area contributed by atoms with Gasteiger partial charge < -0.3 is 9.47 Å². The Morgan fingerprint density at radius 2 is 1.74 bits per heavy atom. The number of carbonyl (C=O) groups is 1. The second kappa shape index (κ2) is 8.58. The van der Waals surface area contributed by atoms with Crippen molar-refractivity contribution < 1.29 is 4.79 Å². The van der Waals surface area contributed by atoms with E-state index in [-0.39, 0.29) is 17.5 Å². The minimum atomic E-state index is -0.0511. The third-order valence-electron chi connectivity index (χ3n) is 6.97. The number of aromatic nitrogens is 4. The van der Waals surface area contributed by atoms with E-state index < -0.39 is 0 Å². The average Bonchev–Trinajstić information content (AvgIpc) is 2.92. The van der Waals surface area contributed by atoms with Crippen LogP contribution in [0.25, 0.3) is 44.1 Å². The molecule has 0 N–H and O–H groups in total. The van der Waals surface area contributed by atoms with Crippen LogP contribution in [0.15, 0.2) is 71.8 Å². The van der Waals surface area contributed by atoms with Crippen molar-refractivity contribution in [1.29, 1.82) is 0 Å². The van der Waals surface area contributed by atoms with Crippen molar-refractivity contribution in [2.45, 2.75) is 32.2 Å². The molecule has 0 atom stereocenters. The predicted molar refractivity (Wildman–Crippen MR) is 137 cm³/mol. The van der Waals surface area contributed by atoms with E-state index in [1.807, 2.05) is 71.2 Å². The van der Waals surface area contributed by atoms with E-state index in [1.165, 1.54) is 0 Å². The Morgan fingerprint density at radius 3 is 2.57 bits per heavy atom. The summed E-state index contributed by atoms with van der Waals surface area (Å²) in [7, 11) is 0. The summed E-state index contributed by atoms with van der Waals surface area (Å²) in [5.41, 5.74) is 4.84. The number of benzene rings is 1. The first-order chi connectivity index (χ1) is 17.1. The van der Waals surface area contributed by atoms with Gasteiger partial charge in [-0.1, -0.05) is 25.1 Å². The van der Waals surface area contributed by atoms with Crippen LogP contribution >= 0.6 is 0 Å². The van der Waals surface area contributed by atoms with Gasteiger partial charge in [0.2, 0.25) is 5.91 Å². The van der Waals surface area contributed by atoms with Crippen LogP contribution in [-0.4, -0.2) is 43.4 Å². The highest BCUT2D eigenvalue weighted by atomic mass is 16.2. The van der Waals surface area contributed by atoms with Gasteiger partial charge in [-0.15, -0.1) is 0 Å². The molecular formula is C28H25N5O2. The minimum absolute atomic E-state index is 0.00509. The molecule has 0 saturated carbocycles. The number of hydrogen-bond donors (Lipinski definition) is 0. The van der Waals surface area contributed by atoms with E-state index in [1.54, 1.807) is 6.07 Å². The van der Waals surface area contributed by atoms with Crippen molar-refractivity contribution in [2.24, 2.45) is 0 Å². The summed E-state index contributed by atoms with van der Waals surface area (Å²) in [6, 6.07) is 17.4. The van der Waals surface area contributed by atoms with Crippen LogP contribution in [0.3, 0.4) is 0 Å². The summed E-state index contributed by atoms with van der Waals surface area (Å²) >= 11 is 0. The Morgan fingerprint density at radius 1 is 0.943 bits per heavy atom. The summed E-state index contributed by atoms with van der Waals surface area (Å²) < 4.78 is 1.88. The van der Waals surface area contributed by atoms with Crippen LogP contribution < -0.4 is 5.56 Å². The van der Waals surface area contributed by atoms with E-state index in [2.05, 4.69) is 16.0 Å². The van der Waals surface area contributed by atoms with Crippen molar-refractivity contribution in [3.8, 4) is 11.3 Å². The molecule has 0 radical (unpaired) electrons. The fourth-order valence-electron chi connectivity index (χ4n) is 5.13. The molecule has 1 fully saturated rings. The molecular weight excluding hydrogens is 438 g/mol. The predicted octanol–water partition coefficient (Wildman–Crippen LogP) is 4.73. The molecule has 5 aromatic rings. The maximum Gasteiger partial charge on any atom is 0.251 e. The summed E-state index contributed by atoms with van der Waals surface area (Å²) in [6.45, 7) is 3.20. The Hall–Kier alpha value is -4.13. The van der Waals surface area contributed by atoms with Gasteiger partial charge >= 0.3 is 0 Å². The van der Waals surface area contributed by atoms with Gasteiger partial charge in [0.25, 0.3) is 5.56 Å². The number of amides is 1. The van der Waals surface area contributed by atoms with Crippen LogP contribution in [0.1, 0.15) is 32.2 Å². The summed E-state index contributed by atoms with van der Waals surface area (Å²) in [5, 5.41) is 1.93. The van der Waals surface area contributed by atoms with Crippen LogP contribution in [0, 0.1) is 0 Å². The maximum atomic E-state index is 13.2. The SMILES string of the molecule is CCC(=O)N1CCC(n2c(=O)ccc3cnc4ccc(-c5cnc6ccccc6c5)nc4c32)CC1. The number of fused-ring (bicyclic) bond motifs is 4. The molecule has 35 heavy (non-hydrogen) atoms. The third-order valence-corrected chi connectivity index (χ3v) is 6.97. The van der Waals surface area contributed by atoms with Gasteiger partial charge in [0.1, 0.15) is 5.52 Å². The smallest absolute Gasteiger partial charge is 0.251 e. The number of nitrogens with zero attached hydrogens (tertiary/aromatic N) is 5. The third kappa shape index (κ3) is 3.73. The molecule has 1 aromatic carbocycles. The van der Waals surface area contributed by atoms with Gasteiger partial charge in [0.15, 0.2) is 0 Å². The van der Waals surface area contributed by atoms with Crippen LogP contribution in [0.2, 0.25) is 0 Å². The molecule has 0 aliphatic carbocycles. The second-order valence-electron chi connectivity index (χ2n) is 9.05. The number of hydrogen-bond acceptors (Lipinski definition) is 5. The largest absolute Gasteiger partial charge is 0.343 e. The first kappa shape index (κ1) is 21.4. The number of likely N-dealkylation sites (tertiary alicyclic amines) is 1. The standard InChI is InChI=1S/C28H25N5O2/c1-2-25(34)32-13-11-21(12-14-32)33-26(35)10-7-19-16-30-24-9-8-23(31-27(24)28(19)33)20-15-18-5-3-4-6-22(18)29-17-20/h3-10,15-17,21H,2,11-14H2,1H3. The van der Waals surface area contributed by atoms with Gasteiger partial charge in [-0.25, -0.2) is 4.98 Å². The number of rotatable bonds is 3. The Kier molecular flexibility index (Phi) is 5.25. The molecule has 0 bridgehead atoms. The zero-order chi connectivity index (χ0) is 23.9. The molecule has 7 heteroatoms. The maximum absolute atomic E-state index is 13.2. The fourth-order valence-corrected chi connectivity index (χ4v) is 5.13. The van der Waals surface area contributed by atoms with E-state index in [4.69, 9.17) is 4.98 Å². The molecule has 0 unspecified atom stereocenters. The highest BCUT2D eigenvalue weighted by Crippen LogP contribution is 2.30. The van der Waals surface area contributed by atoms with E-state index in [9.17, 15) is 9.59 Å². The minimum Gasteiger partial charge on any atom is -0.343 e. The zero-order valence-corrected chi connectivity index (χ0v) is 19.5. The Balaban J connectivity index is 1.50. The first-order valence-electron chi connectivity index (χ1n) is 12.1. The lowest BCUT2D eigenvalue weighted by Crippen LogP contribution is -2.40. The molecule has 1 aliphatic rings. The van der Waals surface area contributed by atoms with E-state index in [0.29, 0.717) is 25.0 Å². The fraction of sp³-hybridized carbons (Fsp3) is 0.250. The highest BCUT2D eigenvalue weighted by Gasteiger charge is 2.25. The molecule has 1 saturated heterocycles. The monoisotopic (exact) mass is 463 g/mol. The van der Waals surface area contributed by atoms with Gasteiger partial charge in [0.05, 0.1) is 22.2 Å². The number of carbonyl (C=O) groups excluding carboxylic acids is 1. The second-order valence-corrected chi connectivity index (χ2v) is 9.05. The summed E-state index contributed by atoms with van der Waals surface area (Å²) in [6.07, 6.45) is 5.63. The van der Waals surface area contributed by atoms with Gasteiger partial charge in [0, 0.05) is 60.3 Å². The zero-order valence-electron chi connectivity index (χ0n) is 19.5. The lowest BCUT2D eigenvalue weighted by molar-refractivity contribution is -0.132. The van der Waals surface area contributed by atoms with Crippen molar-refractivity contribution in [2.75, 3.05) is 13.1 Å². The molecule has 7 nitrogen and oxygen atoms in total. The van der Waals surface area contributed by atoms with Gasteiger partial charge in [-0.3, -0.25) is 19.6 Å². The molecule has 0 spiro atoms. The van der Waals surface area contributed by atoms with E-state index in [0.717, 1.165) is 51.4 Å². The highest BCUT2D eigenvalue weighted by molar-refractivity contribution is 6.01. The molecule has 6 rings (SSSR count). The van der Waals surface area contributed by atoms with E-state index >= 15 is 0 Å². The molecule has 4 aromatic heterocycles. The van der Waals surface area contributed by atoms with Crippen molar-refractivity contribution >= 4 is 38.7 Å². The molecule has 5 heterocycles. The summed E-state index contributed by atoms with van der Waals surface area (Å²) in [4.78, 5) is 41.4. The lowest BCUT2D eigenvalue weighted by Gasteiger charge is -2.33. The van der Waals surface area contributed by atoms with Crippen LogP contribution in [-0.2, 0) is 4.79 Å². The Bertz CT molecular complexity index is 1650. The number of para-hydroxylation sites is 1. The van der Waals surface area contributed by atoms with Gasteiger partial charge in [-0.2, -0.15) is 0 Å². The Labute approximate surface area is 202 Å². The van der Waals surface area contributed by atoms with Crippen molar-refractivity contribution in [1.82, 2.24) is 24.4 Å². The quantitative estimate of drug-likeness (QED) is 0.361. The molecule has 1 aliphatic heterocycles.